The zero-order valence-electron chi connectivity index (χ0n) is 17.7. The average Bonchev–Trinajstić information content (AvgIpc) is 2.88. The molecule has 2 aromatic rings. The number of imidazole rings is 1. The SMILES string of the molecule is Cc1nc(-c2cccnc2C(C)C)c(C=O)n1CC(C)NC(=O)OC(C)(C)C. The van der Waals surface area contributed by atoms with Crippen LogP contribution in [-0.2, 0) is 11.3 Å². The van der Waals surface area contributed by atoms with Crippen molar-refractivity contribution in [2.24, 2.45) is 0 Å². The van der Waals surface area contributed by atoms with E-state index < -0.39 is 11.7 Å². The Morgan fingerprint density at radius 1 is 1.32 bits per heavy atom. The van der Waals surface area contributed by atoms with Gasteiger partial charge in [-0.15, -0.1) is 0 Å². The summed E-state index contributed by atoms with van der Waals surface area (Å²) in [6, 6.07) is 3.54. The van der Waals surface area contributed by atoms with Crippen LogP contribution in [0.4, 0.5) is 4.79 Å². The molecule has 0 saturated heterocycles. The van der Waals surface area contributed by atoms with Crippen LogP contribution in [0.3, 0.4) is 0 Å². The van der Waals surface area contributed by atoms with Gasteiger partial charge in [0.15, 0.2) is 6.29 Å². The van der Waals surface area contributed by atoms with Crippen LogP contribution >= 0.6 is 0 Å². The van der Waals surface area contributed by atoms with Gasteiger partial charge in [-0.3, -0.25) is 9.78 Å². The Bertz CT molecular complexity index is 850. The Balaban J connectivity index is 2.31. The lowest BCUT2D eigenvalue weighted by molar-refractivity contribution is 0.0504. The fourth-order valence-electron chi connectivity index (χ4n) is 3.04. The zero-order valence-corrected chi connectivity index (χ0v) is 17.7. The second-order valence-electron chi connectivity index (χ2n) is 8.26. The van der Waals surface area contributed by atoms with Crippen molar-refractivity contribution < 1.29 is 14.3 Å². The van der Waals surface area contributed by atoms with Crippen LogP contribution in [0.15, 0.2) is 18.3 Å². The van der Waals surface area contributed by atoms with Gasteiger partial charge in [0.1, 0.15) is 22.8 Å². The van der Waals surface area contributed by atoms with Crippen molar-refractivity contribution in [3.8, 4) is 11.3 Å². The first-order valence-electron chi connectivity index (χ1n) is 9.50. The lowest BCUT2D eigenvalue weighted by Crippen LogP contribution is -2.40. The molecule has 0 fully saturated rings. The van der Waals surface area contributed by atoms with Gasteiger partial charge in [0.25, 0.3) is 0 Å². The molecule has 7 heteroatoms. The summed E-state index contributed by atoms with van der Waals surface area (Å²) < 4.78 is 7.12. The number of ether oxygens (including phenoxy) is 1. The summed E-state index contributed by atoms with van der Waals surface area (Å²) in [5.41, 5.74) is 2.28. The fourth-order valence-corrected chi connectivity index (χ4v) is 3.04. The van der Waals surface area contributed by atoms with Crippen molar-refractivity contribution in [1.29, 1.82) is 0 Å². The number of aldehydes is 1. The molecular formula is C21H30N4O3. The second kappa shape index (κ2) is 8.54. The van der Waals surface area contributed by atoms with Crippen LogP contribution in [-0.4, -0.2) is 38.6 Å². The van der Waals surface area contributed by atoms with Gasteiger partial charge in [0.05, 0.1) is 5.69 Å². The number of carbonyl (C=O) groups excluding carboxylic acids is 2. The second-order valence-corrected chi connectivity index (χ2v) is 8.26. The van der Waals surface area contributed by atoms with E-state index in [0.29, 0.717) is 23.8 Å². The molecule has 1 atom stereocenters. The summed E-state index contributed by atoms with van der Waals surface area (Å²) in [6.07, 6.45) is 2.07. The minimum Gasteiger partial charge on any atom is -0.444 e. The van der Waals surface area contributed by atoms with Gasteiger partial charge in [0.2, 0.25) is 0 Å². The first kappa shape index (κ1) is 21.6. The summed E-state index contributed by atoms with van der Waals surface area (Å²) in [5.74, 6) is 0.905. The van der Waals surface area contributed by atoms with E-state index in [1.165, 1.54) is 0 Å². The standard InChI is InChI=1S/C21H30N4O3/c1-13(2)18-16(9-8-10-22-18)19-17(12-26)25(15(4)24-19)11-14(3)23-20(27)28-21(5,6)7/h8-10,12-14H,11H2,1-7H3,(H,23,27). The number of rotatable bonds is 6. The maximum atomic E-state index is 12.0. The average molecular weight is 386 g/mol. The van der Waals surface area contributed by atoms with Crippen LogP contribution < -0.4 is 5.32 Å². The van der Waals surface area contributed by atoms with Crippen molar-refractivity contribution in [2.45, 2.75) is 72.6 Å². The third kappa shape index (κ3) is 5.18. The van der Waals surface area contributed by atoms with E-state index >= 15 is 0 Å². The van der Waals surface area contributed by atoms with Crippen molar-refractivity contribution in [1.82, 2.24) is 19.9 Å². The Morgan fingerprint density at radius 2 is 2.00 bits per heavy atom. The number of nitrogens with zero attached hydrogens (tertiary/aromatic N) is 3. The van der Waals surface area contributed by atoms with Crippen molar-refractivity contribution in [3.05, 3.63) is 35.5 Å². The smallest absolute Gasteiger partial charge is 0.407 e. The van der Waals surface area contributed by atoms with Crippen LogP contribution in [0.5, 0.6) is 0 Å². The van der Waals surface area contributed by atoms with Crippen molar-refractivity contribution in [3.63, 3.8) is 0 Å². The molecule has 1 amide bonds. The predicted octanol–water partition coefficient (Wildman–Crippen LogP) is 4.10. The molecule has 152 valence electrons. The van der Waals surface area contributed by atoms with E-state index in [1.807, 2.05) is 51.3 Å². The number of carbonyl (C=O) groups is 2. The maximum Gasteiger partial charge on any atom is 0.407 e. The maximum absolute atomic E-state index is 12.0. The Morgan fingerprint density at radius 3 is 2.57 bits per heavy atom. The van der Waals surface area contributed by atoms with Gasteiger partial charge in [0, 0.05) is 24.3 Å². The molecule has 0 aliphatic heterocycles. The highest BCUT2D eigenvalue weighted by Crippen LogP contribution is 2.29. The van der Waals surface area contributed by atoms with Crippen LogP contribution in [0, 0.1) is 6.92 Å². The predicted molar refractivity (Wildman–Crippen MR) is 109 cm³/mol. The highest BCUT2D eigenvalue weighted by atomic mass is 16.6. The number of amides is 1. The van der Waals surface area contributed by atoms with Crippen molar-refractivity contribution >= 4 is 12.4 Å². The molecule has 0 spiro atoms. The number of aromatic nitrogens is 3. The highest BCUT2D eigenvalue weighted by Gasteiger charge is 2.22. The first-order chi connectivity index (χ1) is 13.0. The van der Waals surface area contributed by atoms with Gasteiger partial charge in [-0.25, -0.2) is 9.78 Å². The third-order valence-electron chi connectivity index (χ3n) is 4.17. The van der Waals surface area contributed by atoms with Gasteiger partial charge >= 0.3 is 6.09 Å². The van der Waals surface area contributed by atoms with Gasteiger partial charge in [-0.1, -0.05) is 13.8 Å². The fraction of sp³-hybridized carbons (Fsp3) is 0.524. The normalized spacial score (nSPS) is 12.7. The molecule has 7 nitrogen and oxygen atoms in total. The molecule has 0 radical (unpaired) electrons. The number of hydrogen-bond donors (Lipinski definition) is 1. The summed E-state index contributed by atoms with van der Waals surface area (Å²) in [6.45, 7) is 13.7. The minimum atomic E-state index is -0.566. The number of hydrogen-bond acceptors (Lipinski definition) is 5. The molecule has 2 heterocycles. The van der Waals surface area contributed by atoms with E-state index in [2.05, 4.69) is 29.1 Å². The van der Waals surface area contributed by atoms with Crippen LogP contribution in [0.2, 0.25) is 0 Å². The van der Waals surface area contributed by atoms with Crippen LogP contribution in [0.1, 0.15) is 69.5 Å². The molecule has 0 saturated carbocycles. The quantitative estimate of drug-likeness (QED) is 0.755. The molecule has 1 unspecified atom stereocenters. The molecule has 1 N–H and O–H groups in total. The number of aryl methyl sites for hydroxylation is 1. The summed E-state index contributed by atoms with van der Waals surface area (Å²) >= 11 is 0. The molecular weight excluding hydrogens is 356 g/mol. The van der Waals surface area contributed by atoms with E-state index in [-0.39, 0.29) is 12.0 Å². The largest absolute Gasteiger partial charge is 0.444 e. The molecule has 0 aliphatic carbocycles. The third-order valence-corrected chi connectivity index (χ3v) is 4.17. The molecule has 0 aliphatic rings. The van der Waals surface area contributed by atoms with E-state index in [0.717, 1.165) is 17.5 Å². The first-order valence-corrected chi connectivity index (χ1v) is 9.50. The van der Waals surface area contributed by atoms with E-state index in [9.17, 15) is 9.59 Å². The Labute approximate surface area is 166 Å². The molecule has 28 heavy (non-hydrogen) atoms. The topological polar surface area (TPSA) is 86.1 Å². The lowest BCUT2D eigenvalue weighted by Gasteiger charge is -2.22. The number of alkyl carbamates (subject to hydrolysis) is 1. The van der Waals surface area contributed by atoms with Gasteiger partial charge in [-0.2, -0.15) is 0 Å². The van der Waals surface area contributed by atoms with E-state index in [4.69, 9.17) is 4.74 Å². The zero-order chi connectivity index (χ0) is 21.1. The van der Waals surface area contributed by atoms with Crippen molar-refractivity contribution in [2.75, 3.05) is 0 Å². The molecule has 0 aromatic carbocycles. The summed E-state index contributed by atoms with van der Waals surface area (Å²) in [7, 11) is 0. The Hall–Kier alpha value is -2.70. The minimum absolute atomic E-state index is 0.203. The molecule has 0 bridgehead atoms. The summed E-state index contributed by atoms with van der Waals surface area (Å²) in [5, 5.41) is 2.80. The highest BCUT2D eigenvalue weighted by molar-refractivity contribution is 5.85. The summed E-state index contributed by atoms with van der Waals surface area (Å²) in [4.78, 5) is 33.0. The van der Waals surface area contributed by atoms with E-state index in [1.54, 1.807) is 6.20 Å². The number of nitrogens with one attached hydrogen (secondary N) is 1. The molecule has 2 rings (SSSR count). The van der Waals surface area contributed by atoms with Crippen LogP contribution in [0.25, 0.3) is 11.3 Å². The number of pyridine rings is 1. The van der Waals surface area contributed by atoms with Gasteiger partial charge in [-0.05, 0) is 52.7 Å². The lowest BCUT2D eigenvalue weighted by atomic mass is 10.0. The Kier molecular flexibility index (Phi) is 6.59. The molecule has 2 aromatic heterocycles. The monoisotopic (exact) mass is 386 g/mol. The van der Waals surface area contributed by atoms with Gasteiger partial charge < -0.3 is 14.6 Å².